The highest BCUT2D eigenvalue weighted by Crippen LogP contribution is 2.22. The molecule has 1 unspecified atom stereocenters. The van der Waals surface area contributed by atoms with Crippen LogP contribution >= 0.6 is 0 Å². The monoisotopic (exact) mass is 233 g/mol. The van der Waals surface area contributed by atoms with Gasteiger partial charge < -0.3 is 10.2 Å². The first-order valence-electron chi connectivity index (χ1n) is 6.21. The summed E-state index contributed by atoms with van der Waals surface area (Å²) in [4.78, 5) is 18.4. The molecule has 17 heavy (non-hydrogen) atoms. The van der Waals surface area contributed by atoms with Crippen molar-refractivity contribution in [2.45, 2.75) is 32.2 Å². The topological polar surface area (TPSA) is 45.2 Å². The highest BCUT2D eigenvalue weighted by atomic mass is 16.2. The number of pyridine rings is 1. The van der Waals surface area contributed by atoms with Gasteiger partial charge in [-0.05, 0) is 31.4 Å². The fraction of sp³-hybridized carbons (Fsp3) is 0.538. The van der Waals surface area contributed by atoms with Crippen LogP contribution in [-0.4, -0.2) is 35.4 Å². The largest absolute Gasteiger partial charge is 0.388 e. The van der Waals surface area contributed by atoms with Gasteiger partial charge in [-0.1, -0.05) is 6.92 Å². The van der Waals surface area contributed by atoms with Crippen LogP contribution in [0.1, 0.15) is 36.7 Å². The van der Waals surface area contributed by atoms with E-state index in [1.165, 1.54) is 0 Å². The van der Waals surface area contributed by atoms with E-state index in [9.17, 15) is 4.79 Å². The van der Waals surface area contributed by atoms with E-state index < -0.39 is 0 Å². The van der Waals surface area contributed by atoms with Crippen molar-refractivity contribution >= 4 is 11.6 Å². The first-order chi connectivity index (χ1) is 8.26. The van der Waals surface area contributed by atoms with Gasteiger partial charge in [0.05, 0.1) is 0 Å². The molecule has 1 fully saturated rings. The average molecular weight is 233 g/mol. The Morgan fingerprint density at radius 2 is 2.47 bits per heavy atom. The fourth-order valence-electron chi connectivity index (χ4n) is 2.38. The van der Waals surface area contributed by atoms with E-state index in [4.69, 9.17) is 0 Å². The van der Waals surface area contributed by atoms with Crippen molar-refractivity contribution in [1.29, 1.82) is 0 Å². The standard InChI is InChI=1S/C13H19N3O/c1-3-11-5-4-8-16(11)13(17)12-9-10(14-2)6-7-15-12/h6-7,9,11H,3-5,8H2,1-2H3,(H,14,15). The first kappa shape index (κ1) is 11.9. The number of hydrogen-bond donors (Lipinski definition) is 1. The molecule has 0 spiro atoms. The molecular weight excluding hydrogens is 214 g/mol. The lowest BCUT2D eigenvalue weighted by Crippen LogP contribution is -2.35. The summed E-state index contributed by atoms with van der Waals surface area (Å²) in [5.74, 6) is 0.0615. The predicted octanol–water partition coefficient (Wildman–Crippen LogP) is 2.14. The molecule has 4 heteroatoms. The zero-order valence-electron chi connectivity index (χ0n) is 10.4. The van der Waals surface area contributed by atoms with Gasteiger partial charge in [0.2, 0.25) is 0 Å². The molecule has 1 atom stereocenters. The summed E-state index contributed by atoms with van der Waals surface area (Å²) in [6.07, 6.45) is 4.93. The number of hydrogen-bond acceptors (Lipinski definition) is 3. The molecule has 0 saturated carbocycles. The SMILES string of the molecule is CCC1CCCN1C(=O)c1cc(NC)ccn1. The van der Waals surface area contributed by atoms with Gasteiger partial charge in [0.1, 0.15) is 5.69 Å². The third-order valence-corrected chi connectivity index (χ3v) is 3.38. The Hall–Kier alpha value is -1.58. The lowest BCUT2D eigenvalue weighted by Gasteiger charge is -2.23. The number of likely N-dealkylation sites (tertiary alicyclic amines) is 1. The number of nitrogens with one attached hydrogen (secondary N) is 1. The zero-order valence-corrected chi connectivity index (χ0v) is 10.4. The van der Waals surface area contributed by atoms with Gasteiger partial charge in [-0.15, -0.1) is 0 Å². The van der Waals surface area contributed by atoms with Gasteiger partial charge >= 0.3 is 0 Å². The van der Waals surface area contributed by atoms with E-state index in [2.05, 4.69) is 17.2 Å². The van der Waals surface area contributed by atoms with E-state index in [1.54, 1.807) is 6.20 Å². The molecule has 1 saturated heterocycles. The summed E-state index contributed by atoms with van der Waals surface area (Å²) in [5, 5.41) is 3.03. The molecule has 0 radical (unpaired) electrons. The van der Waals surface area contributed by atoms with Crippen LogP contribution in [0.5, 0.6) is 0 Å². The van der Waals surface area contributed by atoms with E-state index in [0.29, 0.717) is 11.7 Å². The molecule has 1 N–H and O–H groups in total. The number of carbonyl (C=O) groups excluding carboxylic acids is 1. The third-order valence-electron chi connectivity index (χ3n) is 3.38. The second-order valence-electron chi connectivity index (χ2n) is 4.38. The molecule has 0 aliphatic carbocycles. The summed E-state index contributed by atoms with van der Waals surface area (Å²) in [5.41, 5.74) is 1.47. The van der Waals surface area contributed by atoms with Crippen molar-refractivity contribution in [3.8, 4) is 0 Å². The summed E-state index contributed by atoms with van der Waals surface area (Å²) in [6.45, 7) is 3.00. The van der Waals surface area contributed by atoms with Crippen LogP contribution in [0, 0.1) is 0 Å². The molecule has 1 amide bonds. The number of amides is 1. The predicted molar refractivity (Wildman–Crippen MR) is 68.1 cm³/mol. The maximum absolute atomic E-state index is 12.3. The van der Waals surface area contributed by atoms with Crippen molar-refractivity contribution in [2.75, 3.05) is 18.9 Å². The summed E-state index contributed by atoms with van der Waals surface area (Å²) < 4.78 is 0. The molecule has 1 aliphatic heterocycles. The molecule has 1 aromatic heterocycles. The maximum atomic E-state index is 12.3. The van der Waals surface area contributed by atoms with Gasteiger partial charge in [-0.2, -0.15) is 0 Å². The summed E-state index contributed by atoms with van der Waals surface area (Å²) in [7, 11) is 1.84. The molecule has 0 bridgehead atoms. The molecule has 4 nitrogen and oxygen atoms in total. The van der Waals surface area contributed by atoms with Crippen molar-refractivity contribution in [2.24, 2.45) is 0 Å². The van der Waals surface area contributed by atoms with Crippen molar-refractivity contribution in [3.63, 3.8) is 0 Å². The van der Waals surface area contributed by atoms with E-state index in [-0.39, 0.29) is 5.91 Å². The first-order valence-corrected chi connectivity index (χ1v) is 6.21. The third kappa shape index (κ3) is 2.40. The Kier molecular flexibility index (Phi) is 3.61. The highest BCUT2D eigenvalue weighted by molar-refractivity contribution is 5.93. The Bertz CT molecular complexity index is 405. The number of carbonyl (C=O) groups is 1. The van der Waals surface area contributed by atoms with Crippen molar-refractivity contribution < 1.29 is 4.79 Å². The normalized spacial score (nSPS) is 19.4. The number of nitrogens with zero attached hydrogens (tertiary/aromatic N) is 2. The smallest absolute Gasteiger partial charge is 0.272 e. The van der Waals surface area contributed by atoms with E-state index in [0.717, 1.165) is 31.5 Å². The van der Waals surface area contributed by atoms with Crippen LogP contribution in [0.15, 0.2) is 18.3 Å². The highest BCUT2D eigenvalue weighted by Gasteiger charge is 2.28. The quantitative estimate of drug-likeness (QED) is 0.870. The molecule has 1 aromatic rings. The van der Waals surface area contributed by atoms with Crippen LogP contribution in [-0.2, 0) is 0 Å². The minimum atomic E-state index is 0.0615. The Balaban J connectivity index is 2.18. The number of anilines is 1. The molecule has 0 aromatic carbocycles. The van der Waals surface area contributed by atoms with Crippen molar-refractivity contribution in [3.05, 3.63) is 24.0 Å². The average Bonchev–Trinajstić information content (AvgIpc) is 2.86. The number of rotatable bonds is 3. The summed E-state index contributed by atoms with van der Waals surface area (Å²) in [6, 6.07) is 4.06. The van der Waals surface area contributed by atoms with Crippen LogP contribution in [0.4, 0.5) is 5.69 Å². The van der Waals surface area contributed by atoms with Gasteiger partial charge in [0, 0.05) is 31.5 Å². The maximum Gasteiger partial charge on any atom is 0.272 e. The number of aromatic nitrogens is 1. The lowest BCUT2D eigenvalue weighted by atomic mass is 10.1. The Labute approximate surface area is 102 Å². The van der Waals surface area contributed by atoms with E-state index in [1.807, 2.05) is 24.1 Å². The second-order valence-corrected chi connectivity index (χ2v) is 4.38. The lowest BCUT2D eigenvalue weighted by molar-refractivity contribution is 0.0728. The van der Waals surface area contributed by atoms with Gasteiger partial charge in [0.25, 0.3) is 5.91 Å². The van der Waals surface area contributed by atoms with Crippen LogP contribution < -0.4 is 5.32 Å². The summed E-state index contributed by atoms with van der Waals surface area (Å²) >= 11 is 0. The molecule has 1 aliphatic rings. The molecule has 2 heterocycles. The molecule has 92 valence electrons. The van der Waals surface area contributed by atoms with Gasteiger partial charge in [0.15, 0.2) is 0 Å². The fourth-order valence-corrected chi connectivity index (χ4v) is 2.38. The second kappa shape index (κ2) is 5.17. The minimum Gasteiger partial charge on any atom is -0.388 e. The Morgan fingerprint density at radius 1 is 1.65 bits per heavy atom. The molecule has 2 rings (SSSR count). The molecular formula is C13H19N3O. The van der Waals surface area contributed by atoms with Gasteiger partial charge in [-0.25, -0.2) is 0 Å². The van der Waals surface area contributed by atoms with Crippen LogP contribution in [0.3, 0.4) is 0 Å². The van der Waals surface area contributed by atoms with Gasteiger partial charge in [-0.3, -0.25) is 9.78 Å². The van der Waals surface area contributed by atoms with Crippen LogP contribution in [0.25, 0.3) is 0 Å². The van der Waals surface area contributed by atoms with Crippen LogP contribution in [0.2, 0.25) is 0 Å². The van der Waals surface area contributed by atoms with E-state index >= 15 is 0 Å². The Morgan fingerprint density at radius 3 is 3.18 bits per heavy atom. The van der Waals surface area contributed by atoms with Crippen molar-refractivity contribution in [1.82, 2.24) is 9.88 Å². The zero-order chi connectivity index (χ0) is 12.3. The minimum absolute atomic E-state index is 0.0615.